The minimum Gasteiger partial charge on any atom is -0.454 e. The molecule has 0 saturated carbocycles. The molecule has 0 spiro atoms. The van der Waals surface area contributed by atoms with Crippen molar-refractivity contribution in [3.8, 4) is 0 Å². The third-order valence-electron chi connectivity index (χ3n) is 3.08. The van der Waals surface area contributed by atoms with E-state index in [9.17, 15) is 14.4 Å². The summed E-state index contributed by atoms with van der Waals surface area (Å²) in [4.78, 5) is 40.8. The predicted octanol–water partition coefficient (Wildman–Crippen LogP) is 2.98. The molecule has 26 heavy (non-hydrogen) atoms. The molecule has 2 aromatic heterocycles. The fraction of sp³-hybridized carbons (Fsp3) is 0.250. The summed E-state index contributed by atoms with van der Waals surface area (Å²) in [6.45, 7) is 2.65. The average Bonchev–Trinajstić information content (AvgIpc) is 3.02. The Labute approximate surface area is 163 Å². The second-order valence-corrected chi connectivity index (χ2v) is 7.29. The van der Waals surface area contributed by atoms with Crippen LogP contribution in [-0.4, -0.2) is 35.9 Å². The van der Waals surface area contributed by atoms with Crippen molar-refractivity contribution in [1.82, 2.24) is 10.3 Å². The summed E-state index contributed by atoms with van der Waals surface area (Å²) in [5.74, 6) is -1.61. The van der Waals surface area contributed by atoms with Crippen molar-refractivity contribution in [2.45, 2.75) is 13.8 Å². The molecule has 0 aliphatic carbocycles. The van der Waals surface area contributed by atoms with Crippen LogP contribution in [0.2, 0.25) is 10.0 Å². The number of hydrogen-bond acceptors (Lipinski definition) is 6. The average molecular weight is 416 g/mol. The number of pyridine rings is 1. The van der Waals surface area contributed by atoms with Crippen LogP contribution >= 0.6 is 34.5 Å². The number of esters is 1. The van der Waals surface area contributed by atoms with Gasteiger partial charge in [-0.1, -0.05) is 23.2 Å². The predicted molar refractivity (Wildman–Crippen MR) is 100.0 cm³/mol. The number of ether oxygens (including phenoxy) is 1. The number of rotatable bonds is 6. The second kappa shape index (κ2) is 8.98. The van der Waals surface area contributed by atoms with E-state index in [4.69, 9.17) is 27.9 Å². The van der Waals surface area contributed by atoms with E-state index in [0.717, 1.165) is 4.88 Å². The van der Waals surface area contributed by atoms with Crippen LogP contribution in [0.3, 0.4) is 0 Å². The molecule has 2 aromatic rings. The maximum atomic E-state index is 11.8. The Balaban J connectivity index is 1.77. The maximum absolute atomic E-state index is 11.8. The monoisotopic (exact) mass is 415 g/mol. The lowest BCUT2D eigenvalue weighted by molar-refractivity contribution is -0.146. The van der Waals surface area contributed by atoms with Crippen LogP contribution in [0.5, 0.6) is 0 Å². The van der Waals surface area contributed by atoms with E-state index in [1.54, 1.807) is 19.1 Å². The summed E-state index contributed by atoms with van der Waals surface area (Å²) in [7, 11) is 0. The normalized spacial score (nSPS) is 10.3. The van der Waals surface area contributed by atoms with Crippen molar-refractivity contribution in [2.24, 2.45) is 0 Å². The van der Waals surface area contributed by atoms with E-state index < -0.39 is 18.5 Å². The molecule has 0 saturated heterocycles. The minimum atomic E-state index is -0.742. The molecule has 0 radical (unpaired) electrons. The van der Waals surface area contributed by atoms with Crippen LogP contribution in [0, 0.1) is 13.8 Å². The number of hydrogen-bond donors (Lipinski definition) is 2. The number of nitrogens with zero attached hydrogens (tertiary/aromatic N) is 1. The van der Waals surface area contributed by atoms with Crippen LogP contribution in [0.1, 0.15) is 20.2 Å². The molecular weight excluding hydrogens is 401 g/mol. The Hall–Kier alpha value is -2.16. The number of aromatic nitrogens is 1. The van der Waals surface area contributed by atoms with E-state index in [1.165, 1.54) is 17.4 Å². The largest absolute Gasteiger partial charge is 0.454 e. The first-order chi connectivity index (χ1) is 12.3. The van der Waals surface area contributed by atoms with Gasteiger partial charge in [0.1, 0.15) is 6.54 Å². The van der Waals surface area contributed by atoms with Gasteiger partial charge in [-0.2, -0.15) is 0 Å². The second-order valence-electron chi connectivity index (χ2n) is 5.19. The fourth-order valence-electron chi connectivity index (χ4n) is 1.81. The Morgan fingerprint density at radius 1 is 1.19 bits per heavy atom. The zero-order valence-corrected chi connectivity index (χ0v) is 16.2. The van der Waals surface area contributed by atoms with Crippen LogP contribution in [-0.2, 0) is 14.3 Å². The number of carbonyl (C=O) groups is 3. The van der Waals surface area contributed by atoms with E-state index >= 15 is 0 Å². The van der Waals surface area contributed by atoms with E-state index in [2.05, 4.69) is 15.6 Å². The molecule has 0 aromatic carbocycles. The lowest BCUT2D eigenvalue weighted by Gasteiger charge is -2.09. The highest BCUT2D eigenvalue weighted by Crippen LogP contribution is 2.25. The van der Waals surface area contributed by atoms with Gasteiger partial charge in [-0.3, -0.25) is 14.4 Å². The van der Waals surface area contributed by atoms with Gasteiger partial charge in [0.05, 0.1) is 20.6 Å². The number of anilines is 1. The molecule has 0 aliphatic rings. The number of amides is 2. The van der Waals surface area contributed by atoms with Crippen molar-refractivity contribution in [3.05, 3.63) is 43.7 Å². The molecule has 0 atom stereocenters. The van der Waals surface area contributed by atoms with Gasteiger partial charge in [0, 0.05) is 4.88 Å². The summed E-state index contributed by atoms with van der Waals surface area (Å²) in [6.07, 6.45) is 0. The standard InChI is InChI=1S/C16H15Cl2N3O4S/c1-8-3-4-12(26-8)16(24)19-6-14(23)25-7-13(22)21-15-11(18)5-10(17)9(2)20-15/h3-5H,6-7H2,1-2H3,(H,19,24)(H,20,21,22). The highest BCUT2D eigenvalue weighted by molar-refractivity contribution is 7.13. The highest BCUT2D eigenvalue weighted by Gasteiger charge is 2.14. The van der Waals surface area contributed by atoms with Gasteiger partial charge in [0.25, 0.3) is 11.8 Å². The van der Waals surface area contributed by atoms with Crippen molar-refractivity contribution >= 4 is 58.1 Å². The number of thiophene rings is 1. The Morgan fingerprint density at radius 3 is 2.58 bits per heavy atom. The first-order valence-electron chi connectivity index (χ1n) is 7.39. The highest BCUT2D eigenvalue weighted by atomic mass is 35.5. The number of carbonyl (C=O) groups excluding carboxylic acids is 3. The van der Waals surface area contributed by atoms with Crippen molar-refractivity contribution < 1.29 is 19.1 Å². The SMILES string of the molecule is Cc1ccc(C(=O)NCC(=O)OCC(=O)Nc2nc(C)c(Cl)cc2Cl)s1. The van der Waals surface area contributed by atoms with Gasteiger partial charge in [0.15, 0.2) is 12.4 Å². The van der Waals surface area contributed by atoms with E-state index in [-0.39, 0.29) is 23.3 Å². The Bertz CT molecular complexity index is 854. The van der Waals surface area contributed by atoms with Crippen LogP contribution < -0.4 is 10.6 Å². The van der Waals surface area contributed by atoms with Crippen molar-refractivity contribution in [3.63, 3.8) is 0 Å². The first kappa shape index (κ1) is 20.2. The molecule has 2 amide bonds. The van der Waals surface area contributed by atoms with E-state index in [0.29, 0.717) is 15.6 Å². The van der Waals surface area contributed by atoms with Gasteiger partial charge in [-0.15, -0.1) is 11.3 Å². The van der Waals surface area contributed by atoms with E-state index in [1.807, 2.05) is 6.92 Å². The third kappa shape index (κ3) is 5.69. The van der Waals surface area contributed by atoms with Gasteiger partial charge in [-0.25, -0.2) is 4.98 Å². The zero-order valence-electron chi connectivity index (χ0n) is 13.9. The topological polar surface area (TPSA) is 97.4 Å². The molecule has 2 heterocycles. The molecule has 0 bridgehead atoms. The smallest absolute Gasteiger partial charge is 0.325 e. The molecule has 0 aliphatic heterocycles. The van der Waals surface area contributed by atoms with Crippen LogP contribution in [0.4, 0.5) is 5.82 Å². The summed E-state index contributed by atoms with van der Waals surface area (Å²) >= 11 is 13.1. The van der Waals surface area contributed by atoms with Gasteiger partial charge >= 0.3 is 5.97 Å². The molecule has 2 rings (SSSR count). The molecule has 138 valence electrons. The van der Waals surface area contributed by atoms with Crippen LogP contribution in [0.25, 0.3) is 0 Å². The summed E-state index contributed by atoms with van der Waals surface area (Å²) in [5.41, 5.74) is 0.495. The van der Waals surface area contributed by atoms with Crippen LogP contribution in [0.15, 0.2) is 18.2 Å². The summed E-state index contributed by atoms with van der Waals surface area (Å²) in [5, 5.41) is 5.39. The van der Waals surface area contributed by atoms with Gasteiger partial charge in [0.2, 0.25) is 0 Å². The lowest BCUT2D eigenvalue weighted by atomic mass is 10.3. The first-order valence-corrected chi connectivity index (χ1v) is 8.96. The summed E-state index contributed by atoms with van der Waals surface area (Å²) in [6, 6.07) is 4.92. The molecule has 0 unspecified atom stereocenters. The number of aryl methyl sites for hydroxylation is 2. The molecule has 10 heteroatoms. The lowest BCUT2D eigenvalue weighted by Crippen LogP contribution is -2.32. The minimum absolute atomic E-state index is 0.121. The number of halogens is 2. The van der Waals surface area contributed by atoms with Crippen molar-refractivity contribution in [2.75, 3.05) is 18.5 Å². The quantitative estimate of drug-likeness (QED) is 0.706. The fourth-order valence-corrected chi connectivity index (χ4v) is 3.00. The van der Waals surface area contributed by atoms with Gasteiger partial charge in [-0.05, 0) is 32.0 Å². The molecule has 2 N–H and O–H groups in total. The Morgan fingerprint density at radius 2 is 1.92 bits per heavy atom. The number of nitrogens with one attached hydrogen (secondary N) is 2. The zero-order chi connectivity index (χ0) is 19.3. The Kier molecular flexibility index (Phi) is 6.96. The third-order valence-corrected chi connectivity index (χ3v) is 4.75. The molecular formula is C16H15Cl2N3O4S. The summed E-state index contributed by atoms with van der Waals surface area (Å²) < 4.78 is 4.80. The molecule has 0 fully saturated rings. The van der Waals surface area contributed by atoms with Crippen molar-refractivity contribution in [1.29, 1.82) is 0 Å². The van der Waals surface area contributed by atoms with Gasteiger partial charge < -0.3 is 15.4 Å². The molecule has 7 nitrogen and oxygen atoms in total. The maximum Gasteiger partial charge on any atom is 0.325 e.